The maximum atomic E-state index is 13.3. The average Bonchev–Trinajstić information content (AvgIpc) is 3.22. The van der Waals surface area contributed by atoms with Gasteiger partial charge in [-0.05, 0) is 62.8 Å². The van der Waals surface area contributed by atoms with Gasteiger partial charge in [-0.25, -0.2) is 14.2 Å². The first kappa shape index (κ1) is 27.2. The van der Waals surface area contributed by atoms with Crippen molar-refractivity contribution < 1.29 is 14.0 Å². The molecule has 0 aliphatic carbocycles. The molecule has 0 saturated carbocycles. The number of aromatic nitrogens is 1. The van der Waals surface area contributed by atoms with E-state index in [0.717, 1.165) is 64.0 Å². The zero-order valence-corrected chi connectivity index (χ0v) is 22.3. The van der Waals surface area contributed by atoms with E-state index >= 15 is 0 Å². The molecule has 198 valence electrons. The lowest BCUT2D eigenvalue weighted by molar-refractivity contribution is 0.0908. The first-order valence-electron chi connectivity index (χ1n) is 12.9. The summed E-state index contributed by atoms with van der Waals surface area (Å²) in [6.07, 6.45) is 3.96. The highest BCUT2D eigenvalue weighted by Gasteiger charge is 2.33. The number of rotatable bonds is 8. The van der Waals surface area contributed by atoms with Gasteiger partial charge in [-0.1, -0.05) is 23.5 Å². The van der Waals surface area contributed by atoms with Crippen molar-refractivity contribution in [3.05, 3.63) is 46.2 Å². The minimum Gasteiger partial charge on any atom is -0.335 e. The Balaban J connectivity index is 1.37. The van der Waals surface area contributed by atoms with Crippen LogP contribution in [0.2, 0.25) is 0 Å². The van der Waals surface area contributed by atoms with Crippen LogP contribution in [-0.4, -0.2) is 71.9 Å². The van der Waals surface area contributed by atoms with Crippen LogP contribution in [-0.2, 0) is 6.42 Å². The summed E-state index contributed by atoms with van der Waals surface area (Å²) < 4.78 is 13.3. The number of urea groups is 1. The van der Waals surface area contributed by atoms with Gasteiger partial charge < -0.3 is 10.2 Å². The molecule has 0 spiro atoms. The SMILES string of the molecule is CC(=O)c1sc(NC(=O)N[C@@H]2CCN(CC#N)C[C@H]2CN2CCC[C@@H](Cc3ccc(F)cc3)C2)nc1C. The molecule has 2 N–H and O–H groups in total. The highest BCUT2D eigenvalue weighted by molar-refractivity contribution is 7.17. The van der Waals surface area contributed by atoms with Crippen molar-refractivity contribution in [2.24, 2.45) is 11.8 Å². The molecule has 2 saturated heterocycles. The number of halogens is 1. The van der Waals surface area contributed by atoms with E-state index < -0.39 is 0 Å². The van der Waals surface area contributed by atoms with E-state index in [1.165, 1.54) is 30.4 Å². The van der Waals surface area contributed by atoms with Gasteiger partial charge in [-0.2, -0.15) is 5.26 Å². The molecule has 0 radical (unpaired) electrons. The lowest BCUT2D eigenvalue weighted by Crippen LogP contribution is -2.55. The van der Waals surface area contributed by atoms with Crippen LogP contribution >= 0.6 is 11.3 Å². The number of piperidine rings is 2. The highest BCUT2D eigenvalue weighted by Crippen LogP contribution is 2.26. The van der Waals surface area contributed by atoms with Gasteiger partial charge in [0, 0.05) is 45.1 Å². The fourth-order valence-electron chi connectivity index (χ4n) is 5.57. The zero-order chi connectivity index (χ0) is 26.4. The van der Waals surface area contributed by atoms with Crippen molar-refractivity contribution >= 4 is 28.3 Å². The molecule has 2 fully saturated rings. The first-order chi connectivity index (χ1) is 17.8. The quantitative estimate of drug-likeness (QED) is 0.397. The molecule has 2 amide bonds. The van der Waals surface area contributed by atoms with Gasteiger partial charge in [0.05, 0.1) is 23.2 Å². The van der Waals surface area contributed by atoms with E-state index in [2.05, 4.69) is 31.5 Å². The number of nitrogens with one attached hydrogen (secondary N) is 2. The summed E-state index contributed by atoms with van der Waals surface area (Å²) in [6.45, 7) is 7.98. The van der Waals surface area contributed by atoms with E-state index in [9.17, 15) is 19.2 Å². The third-order valence-corrected chi connectivity index (χ3v) is 8.47. The van der Waals surface area contributed by atoms with Crippen LogP contribution in [0.1, 0.15) is 47.1 Å². The number of likely N-dealkylation sites (tertiary alicyclic amines) is 2. The number of carbonyl (C=O) groups is 2. The Labute approximate surface area is 221 Å². The van der Waals surface area contributed by atoms with Crippen molar-refractivity contribution in [1.29, 1.82) is 5.26 Å². The molecule has 0 unspecified atom stereocenters. The topological polar surface area (TPSA) is 101 Å². The van der Waals surface area contributed by atoms with Gasteiger partial charge in [-0.3, -0.25) is 15.0 Å². The minimum absolute atomic E-state index is 0.0271. The second kappa shape index (κ2) is 12.6. The summed E-state index contributed by atoms with van der Waals surface area (Å²) in [5.74, 6) is 0.423. The number of aryl methyl sites for hydroxylation is 1. The van der Waals surface area contributed by atoms with Crippen LogP contribution in [0.4, 0.5) is 14.3 Å². The second-order valence-corrected chi connectivity index (χ2v) is 11.2. The Kier molecular flexibility index (Phi) is 9.24. The molecule has 3 heterocycles. The fourth-order valence-corrected chi connectivity index (χ4v) is 6.43. The number of benzene rings is 1. The second-order valence-electron chi connectivity index (χ2n) is 10.2. The predicted molar refractivity (Wildman–Crippen MR) is 142 cm³/mol. The molecule has 10 heteroatoms. The van der Waals surface area contributed by atoms with E-state index in [1.807, 2.05) is 12.1 Å². The number of amides is 2. The van der Waals surface area contributed by atoms with Gasteiger partial charge in [-0.15, -0.1) is 0 Å². The van der Waals surface area contributed by atoms with Crippen molar-refractivity contribution in [2.75, 3.05) is 44.6 Å². The molecule has 1 aromatic carbocycles. The number of hydrogen-bond acceptors (Lipinski definition) is 7. The number of anilines is 1. The maximum Gasteiger partial charge on any atom is 0.321 e. The number of nitrogens with zero attached hydrogens (tertiary/aromatic N) is 4. The first-order valence-corrected chi connectivity index (χ1v) is 13.7. The standard InChI is InChI=1S/C27H35FN6O2S/c1-18-25(19(2)35)37-27(30-18)32-26(36)31-24-9-12-33(13-10-29)16-22(24)17-34-11-3-4-21(15-34)14-20-5-7-23(28)8-6-20/h5-8,21-22,24H,3-4,9,11-17H2,1-2H3,(H2,30,31,32,36)/t21-,22-,24+/m0/s1. The van der Waals surface area contributed by atoms with Crippen molar-refractivity contribution in [2.45, 2.75) is 45.6 Å². The Morgan fingerprint density at radius 3 is 2.68 bits per heavy atom. The highest BCUT2D eigenvalue weighted by atomic mass is 32.1. The van der Waals surface area contributed by atoms with Gasteiger partial charge >= 0.3 is 6.03 Å². The minimum atomic E-state index is -0.319. The summed E-state index contributed by atoms with van der Waals surface area (Å²) in [7, 11) is 0. The fraction of sp³-hybridized carbons (Fsp3) is 0.556. The van der Waals surface area contributed by atoms with Gasteiger partial charge in [0.15, 0.2) is 10.9 Å². The van der Waals surface area contributed by atoms with Crippen molar-refractivity contribution in [3.8, 4) is 6.07 Å². The third-order valence-electron chi connectivity index (χ3n) is 7.30. The Morgan fingerprint density at radius 1 is 1.19 bits per heavy atom. The summed E-state index contributed by atoms with van der Waals surface area (Å²) in [6, 6.07) is 8.70. The molecule has 1 aromatic heterocycles. The lowest BCUT2D eigenvalue weighted by Gasteiger charge is -2.42. The normalized spacial score (nSPS) is 22.8. The number of hydrogen-bond donors (Lipinski definition) is 2. The Bertz CT molecular complexity index is 1130. The number of ketones is 1. The van der Waals surface area contributed by atoms with Gasteiger partial charge in [0.2, 0.25) is 0 Å². The third kappa shape index (κ3) is 7.57. The van der Waals surface area contributed by atoms with Crippen molar-refractivity contribution in [3.63, 3.8) is 0 Å². The molecule has 2 aromatic rings. The Morgan fingerprint density at radius 2 is 1.97 bits per heavy atom. The van der Waals surface area contributed by atoms with Crippen LogP contribution in [0, 0.1) is 35.9 Å². The van der Waals surface area contributed by atoms with E-state index in [1.54, 1.807) is 6.92 Å². The van der Waals surface area contributed by atoms with E-state index in [4.69, 9.17) is 0 Å². The molecular weight excluding hydrogens is 491 g/mol. The van der Waals surface area contributed by atoms with E-state index in [0.29, 0.717) is 28.2 Å². The number of Topliss-reactive ketones (excluding diaryl/α,β-unsaturated/α-hetero) is 1. The molecule has 2 aliphatic rings. The van der Waals surface area contributed by atoms with E-state index in [-0.39, 0.29) is 29.6 Å². The lowest BCUT2D eigenvalue weighted by atomic mass is 9.88. The molecule has 2 aliphatic heterocycles. The number of nitriles is 1. The molecule has 8 nitrogen and oxygen atoms in total. The molecule has 0 bridgehead atoms. The van der Waals surface area contributed by atoms with Crippen LogP contribution in [0.15, 0.2) is 24.3 Å². The summed E-state index contributed by atoms with van der Waals surface area (Å²) in [5.41, 5.74) is 1.78. The zero-order valence-electron chi connectivity index (χ0n) is 21.5. The summed E-state index contributed by atoms with van der Waals surface area (Å²) >= 11 is 1.19. The summed E-state index contributed by atoms with van der Waals surface area (Å²) in [5, 5.41) is 15.6. The van der Waals surface area contributed by atoms with Crippen LogP contribution in [0.5, 0.6) is 0 Å². The summed E-state index contributed by atoms with van der Waals surface area (Å²) in [4.78, 5) is 34.1. The molecule has 4 rings (SSSR count). The van der Waals surface area contributed by atoms with Crippen molar-refractivity contribution in [1.82, 2.24) is 20.1 Å². The number of carbonyl (C=O) groups excluding carboxylic acids is 2. The van der Waals surface area contributed by atoms with Crippen LogP contribution < -0.4 is 10.6 Å². The smallest absolute Gasteiger partial charge is 0.321 e. The van der Waals surface area contributed by atoms with Gasteiger partial charge in [0.25, 0.3) is 0 Å². The average molecular weight is 527 g/mol. The largest absolute Gasteiger partial charge is 0.335 e. The van der Waals surface area contributed by atoms with Gasteiger partial charge in [0.1, 0.15) is 5.82 Å². The van der Waals surface area contributed by atoms with Crippen LogP contribution in [0.25, 0.3) is 0 Å². The molecule has 3 atom stereocenters. The number of thiazole rings is 1. The monoisotopic (exact) mass is 526 g/mol. The molecule has 37 heavy (non-hydrogen) atoms. The predicted octanol–water partition coefficient (Wildman–Crippen LogP) is 4.08. The maximum absolute atomic E-state index is 13.3. The van der Waals surface area contributed by atoms with Crippen LogP contribution in [0.3, 0.4) is 0 Å². The Hall–Kier alpha value is -2.87. The molecular formula is C27H35FN6O2S.